The minimum atomic E-state index is 0.293. The van der Waals surface area contributed by atoms with Crippen LogP contribution in [0.25, 0.3) is 0 Å². The summed E-state index contributed by atoms with van der Waals surface area (Å²) in [5.74, 6) is 1.66. The Morgan fingerprint density at radius 3 is 2.67 bits per heavy atom. The lowest BCUT2D eigenvalue weighted by molar-refractivity contribution is 0.325. The molecular weight excluding hydrogens is 222 g/mol. The molecule has 4 atom stereocenters. The minimum Gasteiger partial charge on any atom is -0.306 e. The summed E-state index contributed by atoms with van der Waals surface area (Å²) < 4.78 is 0. The van der Waals surface area contributed by atoms with E-state index < -0.39 is 0 Å². The lowest BCUT2D eigenvalue weighted by Gasteiger charge is -2.25. The molecule has 4 unspecified atom stereocenters. The van der Waals surface area contributed by atoms with Gasteiger partial charge in [-0.25, -0.2) is 0 Å². The van der Waals surface area contributed by atoms with E-state index in [0.717, 1.165) is 23.2 Å². The monoisotopic (exact) mass is 247 g/mol. The summed E-state index contributed by atoms with van der Waals surface area (Å²) in [5, 5.41) is 3.75. The van der Waals surface area contributed by atoms with Gasteiger partial charge in [0.2, 0.25) is 0 Å². The van der Waals surface area contributed by atoms with Gasteiger partial charge in [0.05, 0.1) is 11.4 Å². The highest BCUT2D eigenvalue weighted by Gasteiger charge is 2.32. The van der Waals surface area contributed by atoms with E-state index >= 15 is 0 Å². The second-order valence-corrected chi connectivity index (χ2v) is 5.63. The maximum absolute atomic E-state index is 4.46. The summed E-state index contributed by atoms with van der Waals surface area (Å²) in [5.41, 5.74) is 2.12. The average molecular weight is 247 g/mol. The molecule has 100 valence electrons. The van der Waals surface area contributed by atoms with Crippen molar-refractivity contribution in [3.63, 3.8) is 0 Å². The average Bonchev–Trinajstić information content (AvgIpc) is 2.71. The van der Waals surface area contributed by atoms with E-state index in [-0.39, 0.29) is 0 Å². The highest BCUT2D eigenvalue weighted by molar-refractivity contribution is 5.13. The second kappa shape index (κ2) is 5.79. The van der Waals surface area contributed by atoms with Crippen molar-refractivity contribution in [3.8, 4) is 0 Å². The molecular formula is C15H25N3. The summed E-state index contributed by atoms with van der Waals surface area (Å²) in [6, 6.07) is 0.924. The van der Waals surface area contributed by atoms with Crippen molar-refractivity contribution in [2.75, 3.05) is 0 Å². The molecule has 0 saturated heterocycles. The van der Waals surface area contributed by atoms with Crippen molar-refractivity contribution >= 4 is 0 Å². The smallest absolute Gasteiger partial charge is 0.0782 e. The van der Waals surface area contributed by atoms with E-state index in [2.05, 4.69) is 36.1 Å². The Morgan fingerprint density at radius 2 is 2.06 bits per heavy atom. The van der Waals surface area contributed by atoms with Gasteiger partial charge in [0.1, 0.15) is 0 Å². The predicted octanol–water partition coefficient (Wildman–Crippen LogP) is 3.26. The number of nitrogens with one attached hydrogen (secondary N) is 1. The van der Waals surface area contributed by atoms with Crippen molar-refractivity contribution in [1.29, 1.82) is 0 Å². The van der Waals surface area contributed by atoms with Crippen LogP contribution in [0.1, 0.15) is 57.5 Å². The van der Waals surface area contributed by atoms with Crippen LogP contribution in [0.5, 0.6) is 0 Å². The van der Waals surface area contributed by atoms with Crippen LogP contribution in [-0.2, 0) is 0 Å². The van der Waals surface area contributed by atoms with Crippen LogP contribution in [0.4, 0.5) is 0 Å². The SMILES string of the molecule is CCC1CCC(NC(C)c2nccnc2C)C1C. The summed E-state index contributed by atoms with van der Waals surface area (Å²) in [6.07, 6.45) is 7.51. The molecule has 1 fully saturated rings. The molecule has 0 bridgehead atoms. The summed E-state index contributed by atoms with van der Waals surface area (Å²) >= 11 is 0. The number of nitrogens with zero attached hydrogens (tertiary/aromatic N) is 2. The first-order valence-electron chi connectivity index (χ1n) is 7.17. The molecule has 1 N–H and O–H groups in total. The normalized spacial score (nSPS) is 29.4. The van der Waals surface area contributed by atoms with Crippen molar-refractivity contribution in [2.24, 2.45) is 11.8 Å². The number of hydrogen-bond donors (Lipinski definition) is 1. The van der Waals surface area contributed by atoms with Gasteiger partial charge < -0.3 is 5.32 Å². The van der Waals surface area contributed by atoms with Crippen molar-refractivity contribution < 1.29 is 0 Å². The predicted molar refractivity (Wildman–Crippen MR) is 74.3 cm³/mol. The van der Waals surface area contributed by atoms with Gasteiger partial charge in [0.15, 0.2) is 0 Å². The van der Waals surface area contributed by atoms with E-state index in [1.165, 1.54) is 19.3 Å². The zero-order valence-corrected chi connectivity index (χ0v) is 12.0. The maximum atomic E-state index is 4.46. The van der Waals surface area contributed by atoms with Crippen molar-refractivity contribution in [2.45, 2.75) is 59.0 Å². The first-order chi connectivity index (χ1) is 8.63. The summed E-state index contributed by atoms with van der Waals surface area (Å²) in [7, 11) is 0. The van der Waals surface area contributed by atoms with Crippen LogP contribution < -0.4 is 5.32 Å². The van der Waals surface area contributed by atoms with Gasteiger partial charge in [-0.05, 0) is 38.5 Å². The third-order valence-electron chi connectivity index (χ3n) is 4.54. The summed E-state index contributed by atoms with van der Waals surface area (Å²) in [6.45, 7) is 8.92. The van der Waals surface area contributed by atoms with E-state index in [9.17, 15) is 0 Å². The third-order valence-corrected chi connectivity index (χ3v) is 4.54. The number of rotatable bonds is 4. The largest absolute Gasteiger partial charge is 0.306 e. The molecule has 1 saturated carbocycles. The Morgan fingerprint density at radius 1 is 1.33 bits per heavy atom. The molecule has 3 nitrogen and oxygen atoms in total. The molecule has 1 aliphatic rings. The van der Waals surface area contributed by atoms with Gasteiger partial charge in [0.25, 0.3) is 0 Å². The first kappa shape index (κ1) is 13.5. The highest BCUT2D eigenvalue weighted by Crippen LogP contribution is 2.35. The van der Waals surface area contributed by atoms with Crippen LogP contribution in [0, 0.1) is 18.8 Å². The molecule has 0 radical (unpaired) electrons. The molecule has 1 aliphatic carbocycles. The van der Waals surface area contributed by atoms with Crippen molar-refractivity contribution in [3.05, 3.63) is 23.8 Å². The Labute approximate surface area is 110 Å². The number of aromatic nitrogens is 2. The van der Waals surface area contributed by atoms with Crippen LogP contribution in [0.15, 0.2) is 12.4 Å². The molecule has 0 amide bonds. The first-order valence-corrected chi connectivity index (χ1v) is 7.17. The highest BCUT2D eigenvalue weighted by atomic mass is 15.0. The molecule has 1 heterocycles. The van der Waals surface area contributed by atoms with E-state index in [1.807, 2.05) is 6.92 Å². The Hall–Kier alpha value is -0.960. The van der Waals surface area contributed by atoms with E-state index in [0.29, 0.717) is 12.1 Å². The molecule has 3 heteroatoms. The fourth-order valence-corrected chi connectivity index (χ4v) is 3.30. The molecule has 18 heavy (non-hydrogen) atoms. The molecule has 0 spiro atoms. The van der Waals surface area contributed by atoms with Crippen molar-refractivity contribution in [1.82, 2.24) is 15.3 Å². The molecule has 1 aromatic rings. The Balaban J connectivity index is 2.00. The quantitative estimate of drug-likeness (QED) is 0.887. The second-order valence-electron chi connectivity index (χ2n) is 5.63. The Bertz CT molecular complexity index is 391. The van der Waals surface area contributed by atoms with Gasteiger partial charge >= 0.3 is 0 Å². The van der Waals surface area contributed by atoms with Gasteiger partial charge in [-0.2, -0.15) is 0 Å². The molecule has 2 rings (SSSR count). The topological polar surface area (TPSA) is 37.8 Å². The Kier molecular flexibility index (Phi) is 4.33. The molecule has 0 aliphatic heterocycles. The number of hydrogen-bond acceptors (Lipinski definition) is 3. The van der Waals surface area contributed by atoms with Crippen LogP contribution >= 0.6 is 0 Å². The summed E-state index contributed by atoms with van der Waals surface area (Å²) in [4.78, 5) is 8.78. The van der Waals surface area contributed by atoms with Crippen LogP contribution in [-0.4, -0.2) is 16.0 Å². The lowest BCUT2D eigenvalue weighted by Crippen LogP contribution is -2.35. The van der Waals surface area contributed by atoms with Crippen LogP contribution in [0.2, 0.25) is 0 Å². The minimum absolute atomic E-state index is 0.293. The fourth-order valence-electron chi connectivity index (χ4n) is 3.30. The standard InChI is InChI=1S/C15H25N3/c1-5-13-6-7-14(10(13)2)18-12(4)15-11(3)16-8-9-17-15/h8-10,12-14,18H,5-7H2,1-4H3. The zero-order valence-electron chi connectivity index (χ0n) is 12.0. The zero-order chi connectivity index (χ0) is 13.1. The number of aryl methyl sites for hydroxylation is 1. The molecule has 1 aromatic heterocycles. The van der Waals surface area contributed by atoms with Crippen LogP contribution in [0.3, 0.4) is 0 Å². The lowest BCUT2D eigenvalue weighted by atomic mass is 9.93. The fraction of sp³-hybridized carbons (Fsp3) is 0.733. The van der Waals surface area contributed by atoms with Gasteiger partial charge in [0, 0.05) is 24.5 Å². The van der Waals surface area contributed by atoms with Gasteiger partial charge in [-0.1, -0.05) is 20.3 Å². The van der Waals surface area contributed by atoms with E-state index in [1.54, 1.807) is 12.4 Å². The van der Waals surface area contributed by atoms with Gasteiger partial charge in [-0.15, -0.1) is 0 Å². The third kappa shape index (κ3) is 2.72. The molecule has 0 aromatic carbocycles. The maximum Gasteiger partial charge on any atom is 0.0782 e. The van der Waals surface area contributed by atoms with Gasteiger partial charge in [-0.3, -0.25) is 9.97 Å². The van der Waals surface area contributed by atoms with E-state index in [4.69, 9.17) is 0 Å².